The van der Waals surface area contributed by atoms with Crippen LogP contribution in [0.15, 0.2) is 97.1 Å². The number of allylic oxidation sites excluding steroid dienone is 1. The van der Waals surface area contributed by atoms with Crippen molar-refractivity contribution in [2.24, 2.45) is 5.41 Å². The molecule has 0 aromatic heterocycles. The van der Waals surface area contributed by atoms with Gasteiger partial charge in [0.1, 0.15) is 12.9 Å². The lowest BCUT2D eigenvalue weighted by atomic mass is 9.85. The van der Waals surface area contributed by atoms with Gasteiger partial charge in [0, 0.05) is 16.0 Å². The van der Waals surface area contributed by atoms with Crippen molar-refractivity contribution in [3.8, 4) is 0 Å². The van der Waals surface area contributed by atoms with Crippen LogP contribution in [0.1, 0.15) is 25.8 Å². The highest BCUT2D eigenvalue weighted by Crippen LogP contribution is 2.45. The molecule has 3 aromatic rings. The quantitative estimate of drug-likeness (QED) is 0.453. The minimum absolute atomic E-state index is 0.0197. The standard InChI is InChI=1S/C26H27O2P/c1-26(2,20-12-15-22-13-6-3-7-14-22)25(27)21-29(28,23-16-8-4-9-17-23)24-18-10-5-11-19-24/h3-19H,20-21H2,1-2H3/b15-12+. The lowest BCUT2D eigenvalue weighted by molar-refractivity contribution is -0.124. The fraction of sp³-hybridized carbons (Fsp3) is 0.192. The van der Waals surface area contributed by atoms with Gasteiger partial charge in [0.05, 0.1) is 6.16 Å². The third-order valence-corrected chi connectivity index (χ3v) is 8.20. The Morgan fingerprint density at radius 1 is 0.793 bits per heavy atom. The Bertz CT molecular complexity index is 963. The van der Waals surface area contributed by atoms with Crippen LogP contribution in [0.5, 0.6) is 0 Å². The first-order valence-corrected chi connectivity index (χ1v) is 11.8. The van der Waals surface area contributed by atoms with E-state index in [9.17, 15) is 9.36 Å². The number of hydrogen-bond donors (Lipinski definition) is 0. The van der Waals surface area contributed by atoms with E-state index in [1.54, 1.807) is 0 Å². The average Bonchev–Trinajstić information content (AvgIpc) is 2.75. The molecule has 0 aliphatic heterocycles. The Labute approximate surface area is 173 Å². The number of carbonyl (C=O) groups excluding carboxylic acids is 1. The van der Waals surface area contributed by atoms with Crippen LogP contribution in [0.3, 0.4) is 0 Å². The number of Topliss-reactive ketones (excluding diaryl/α,β-unsaturated/α-hetero) is 1. The largest absolute Gasteiger partial charge is 0.313 e. The van der Waals surface area contributed by atoms with Crippen molar-refractivity contribution in [3.05, 3.63) is 103 Å². The first kappa shape index (κ1) is 21.0. The van der Waals surface area contributed by atoms with E-state index >= 15 is 0 Å². The van der Waals surface area contributed by atoms with E-state index in [4.69, 9.17) is 0 Å². The third kappa shape index (κ3) is 5.22. The lowest BCUT2D eigenvalue weighted by Gasteiger charge is -2.26. The number of rotatable bonds is 8. The molecule has 0 N–H and O–H groups in total. The summed E-state index contributed by atoms with van der Waals surface area (Å²) < 4.78 is 14.1. The second-order valence-electron chi connectivity index (χ2n) is 7.89. The van der Waals surface area contributed by atoms with E-state index in [1.165, 1.54) is 0 Å². The van der Waals surface area contributed by atoms with E-state index < -0.39 is 12.6 Å². The molecule has 29 heavy (non-hydrogen) atoms. The molecule has 3 rings (SSSR count). The Kier molecular flexibility index (Phi) is 6.67. The van der Waals surface area contributed by atoms with Crippen molar-refractivity contribution >= 4 is 29.6 Å². The van der Waals surface area contributed by atoms with Crippen molar-refractivity contribution in [1.29, 1.82) is 0 Å². The van der Waals surface area contributed by atoms with Crippen molar-refractivity contribution in [2.45, 2.75) is 20.3 Å². The molecule has 3 heteroatoms. The van der Waals surface area contributed by atoms with Gasteiger partial charge in [-0.25, -0.2) is 0 Å². The van der Waals surface area contributed by atoms with Gasteiger partial charge < -0.3 is 4.57 Å². The van der Waals surface area contributed by atoms with Gasteiger partial charge in [0.2, 0.25) is 0 Å². The van der Waals surface area contributed by atoms with E-state index in [0.29, 0.717) is 6.42 Å². The van der Waals surface area contributed by atoms with Crippen LogP contribution in [0.2, 0.25) is 0 Å². The maximum atomic E-state index is 14.1. The molecular formula is C26H27O2P. The first-order valence-electron chi connectivity index (χ1n) is 9.87. The van der Waals surface area contributed by atoms with Crippen molar-refractivity contribution in [2.75, 3.05) is 6.16 Å². The second kappa shape index (κ2) is 9.20. The molecule has 0 aliphatic rings. The molecule has 2 nitrogen and oxygen atoms in total. The summed E-state index contributed by atoms with van der Waals surface area (Å²) in [7, 11) is -3.04. The normalized spacial score (nSPS) is 12.2. The summed E-state index contributed by atoms with van der Waals surface area (Å²) in [6.45, 7) is 3.87. The molecule has 0 radical (unpaired) electrons. The predicted octanol–water partition coefficient (Wildman–Crippen LogP) is 5.70. The Hall–Kier alpha value is -2.70. The van der Waals surface area contributed by atoms with Gasteiger partial charge in [-0.2, -0.15) is 0 Å². The highest BCUT2D eigenvalue weighted by Gasteiger charge is 2.35. The lowest BCUT2D eigenvalue weighted by Crippen LogP contribution is -2.31. The summed E-state index contributed by atoms with van der Waals surface area (Å²) in [6, 6.07) is 28.8. The maximum absolute atomic E-state index is 14.1. The molecule has 0 aliphatic carbocycles. The zero-order chi connectivity index (χ0) is 20.7. The predicted molar refractivity (Wildman–Crippen MR) is 124 cm³/mol. The highest BCUT2D eigenvalue weighted by molar-refractivity contribution is 7.79. The van der Waals surface area contributed by atoms with Crippen LogP contribution in [-0.4, -0.2) is 11.9 Å². The van der Waals surface area contributed by atoms with E-state index in [1.807, 2.05) is 117 Å². The van der Waals surface area contributed by atoms with E-state index in [2.05, 4.69) is 0 Å². The molecule has 0 bridgehead atoms. The van der Waals surface area contributed by atoms with Gasteiger partial charge in [0.15, 0.2) is 0 Å². The molecule has 0 fully saturated rings. The summed E-state index contributed by atoms with van der Waals surface area (Å²) in [6.07, 6.45) is 4.70. The minimum atomic E-state index is -3.04. The Morgan fingerprint density at radius 3 is 1.72 bits per heavy atom. The third-order valence-electron chi connectivity index (χ3n) is 5.21. The summed E-state index contributed by atoms with van der Waals surface area (Å²) in [4.78, 5) is 13.3. The smallest absolute Gasteiger partial charge is 0.150 e. The summed E-state index contributed by atoms with van der Waals surface area (Å²) >= 11 is 0. The summed E-state index contributed by atoms with van der Waals surface area (Å²) in [5.41, 5.74) is 0.514. The van der Waals surface area contributed by atoms with Gasteiger partial charge >= 0.3 is 0 Å². The number of hydrogen-bond acceptors (Lipinski definition) is 2. The molecule has 0 saturated heterocycles. The van der Waals surface area contributed by atoms with Gasteiger partial charge in [-0.3, -0.25) is 4.79 Å². The first-order chi connectivity index (χ1) is 13.9. The van der Waals surface area contributed by atoms with Crippen molar-refractivity contribution in [3.63, 3.8) is 0 Å². The van der Waals surface area contributed by atoms with Crippen molar-refractivity contribution < 1.29 is 9.36 Å². The van der Waals surface area contributed by atoms with Gasteiger partial charge in [-0.1, -0.05) is 117 Å². The SMILES string of the molecule is CC(C)(C/C=C/c1ccccc1)C(=O)CP(=O)(c1ccccc1)c1ccccc1. The van der Waals surface area contributed by atoms with Gasteiger partial charge in [-0.05, 0) is 12.0 Å². The van der Waals surface area contributed by atoms with Crippen LogP contribution in [0.4, 0.5) is 0 Å². The zero-order valence-corrected chi connectivity index (χ0v) is 17.9. The Morgan fingerprint density at radius 2 is 1.24 bits per heavy atom. The fourth-order valence-electron chi connectivity index (χ4n) is 3.25. The molecule has 3 aromatic carbocycles. The molecule has 0 heterocycles. The van der Waals surface area contributed by atoms with Gasteiger partial charge in [0.25, 0.3) is 0 Å². The summed E-state index contributed by atoms with van der Waals surface area (Å²) in [5, 5.41) is 1.46. The fourth-order valence-corrected chi connectivity index (χ4v) is 6.06. The maximum Gasteiger partial charge on any atom is 0.150 e. The number of benzene rings is 3. The number of carbonyl (C=O) groups is 1. The summed E-state index contributed by atoms with van der Waals surface area (Å²) in [5.74, 6) is 0.0197. The zero-order valence-electron chi connectivity index (χ0n) is 17.0. The molecule has 0 amide bonds. The van der Waals surface area contributed by atoms with Crippen LogP contribution < -0.4 is 10.6 Å². The monoisotopic (exact) mass is 402 g/mol. The average molecular weight is 402 g/mol. The second-order valence-corrected chi connectivity index (χ2v) is 10.7. The van der Waals surface area contributed by atoms with Crippen LogP contribution in [0, 0.1) is 5.41 Å². The van der Waals surface area contributed by atoms with E-state index in [-0.39, 0.29) is 11.9 Å². The van der Waals surface area contributed by atoms with Crippen molar-refractivity contribution in [1.82, 2.24) is 0 Å². The van der Waals surface area contributed by atoms with Crippen LogP contribution in [0.25, 0.3) is 6.08 Å². The minimum Gasteiger partial charge on any atom is -0.313 e. The Balaban J connectivity index is 1.83. The van der Waals surface area contributed by atoms with E-state index in [0.717, 1.165) is 16.2 Å². The molecule has 0 unspecified atom stereocenters. The number of ketones is 1. The highest BCUT2D eigenvalue weighted by atomic mass is 31.2. The van der Waals surface area contributed by atoms with Crippen LogP contribution >= 0.6 is 7.14 Å². The molecule has 0 atom stereocenters. The molecule has 0 spiro atoms. The topological polar surface area (TPSA) is 34.1 Å². The molecule has 0 saturated carbocycles. The molecule has 148 valence electrons. The van der Waals surface area contributed by atoms with Crippen LogP contribution in [-0.2, 0) is 9.36 Å². The molecular weight excluding hydrogens is 375 g/mol. The van der Waals surface area contributed by atoms with Gasteiger partial charge in [-0.15, -0.1) is 0 Å².